The Labute approximate surface area is 222 Å². The predicted octanol–water partition coefficient (Wildman–Crippen LogP) is 3.30. The molecule has 1 spiro atoms. The molecule has 3 atom stereocenters. The van der Waals surface area contributed by atoms with Crippen LogP contribution in [-0.2, 0) is 18.3 Å². The number of nitrogens with zero attached hydrogens (tertiary/aromatic N) is 7. The smallest absolute Gasteiger partial charge is 0.281 e. The number of nitriles is 1. The van der Waals surface area contributed by atoms with E-state index in [-0.39, 0.29) is 17.1 Å². The lowest BCUT2D eigenvalue weighted by Crippen LogP contribution is -2.35. The second kappa shape index (κ2) is 8.47. The van der Waals surface area contributed by atoms with Gasteiger partial charge in [-0.3, -0.25) is 4.79 Å². The Morgan fingerprint density at radius 2 is 2.11 bits per heavy atom. The molecule has 0 amide bonds. The first kappa shape index (κ1) is 23.5. The van der Waals surface area contributed by atoms with Crippen molar-refractivity contribution in [1.29, 1.82) is 5.26 Å². The molecule has 11 nitrogen and oxygen atoms in total. The fourth-order valence-electron chi connectivity index (χ4n) is 7.16. The van der Waals surface area contributed by atoms with Crippen LogP contribution in [0.3, 0.4) is 0 Å². The van der Waals surface area contributed by atoms with Crippen molar-refractivity contribution in [1.82, 2.24) is 35.0 Å². The number of nitrogens with two attached hydrogens (primary N) is 1. The molecular weight excluding hydrogens is 502 g/mol. The van der Waals surface area contributed by atoms with Crippen LogP contribution in [0.5, 0.6) is 0 Å². The lowest BCUT2D eigenvalue weighted by Gasteiger charge is -2.39. The van der Waals surface area contributed by atoms with Crippen LogP contribution in [0.1, 0.15) is 78.8 Å². The Kier molecular flexibility index (Phi) is 5.25. The number of likely N-dealkylation sites (N-methyl/N-ethyl adjacent to an activating group) is 1. The molecule has 4 aromatic rings. The highest BCUT2D eigenvalue weighted by Gasteiger charge is 2.48. The standard InChI is InChI=1S/C26H29N9O2S/c1-13(16-7-5-11-34(16)2)35-24-20(31-33-35)25(36)30-23(29-24)19-14-6-3-9-26(21(14)37-32-19)10-4-8-17-18(26)15(12-27)22(28)38-17/h13,16H,3-11,28H2,1-2H3,(H,29,30,36). The molecule has 3 unspecified atom stereocenters. The number of nitrogens with one attached hydrogen (secondary N) is 1. The number of nitrogen functional groups attached to an aromatic ring is 1. The summed E-state index contributed by atoms with van der Waals surface area (Å²) in [6.45, 7) is 3.14. The van der Waals surface area contributed by atoms with Crippen LogP contribution in [0.4, 0.5) is 5.00 Å². The Morgan fingerprint density at radius 3 is 2.87 bits per heavy atom. The molecule has 3 aliphatic rings. The fourth-order valence-corrected chi connectivity index (χ4v) is 8.32. The molecular formula is C26H29N9O2S. The maximum Gasteiger partial charge on any atom is 0.281 e. The van der Waals surface area contributed by atoms with Crippen LogP contribution in [0, 0.1) is 11.3 Å². The number of anilines is 1. The second-order valence-electron chi connectivity index (χ2n) is 10.9. The predicted molar refractivity (Wildman–Crippen MR) is 142 cm³/mol. The molecule has 4 aromatic heterocycles. The van der Waals surface area contributed by atoms with Crippen LogP contribution in [-0.4, -0.2) is 54.7 Å². The van der Waals surface area contributed by atoms with Gasteiger partial charge in [-0.2, -0.15) is 5.26 Å². The maximum absolute atomic E-state index is 13.1. The molecule has 2 aliphatic carbocycles. The van der Waals surface area contributed by atoms with Gasteiger partial charge in [0, 0.05) is 16.5 Å². The van der Waals surface area contributed by atoms with Crippen molar-refractivity contribution < 1.29 is 4.52 Å². The zero-order valence-corrected chi connectivity index (χ0v) is 22.3. The number of aromatic amines is 1. The van der Waals surface area contributed by atoms with Crippen molar-refractivity contribution in [2.24, 2.45) is 0 Å². The van der Waals surface area contributed by atoms with E-state index in [9.17, 15) is 10.1 Å². The van der Waals surface area contributed by atoms with Gasteiger partial charge in [0.2, 0.25) is 0 Å². The number of hydrogen-bond donors (Lipinski definition) is 2. The molecule has 7 rings (SSSR count). The third-order valence-electron chi connectivity index (χ3n) is 8.94. The summed E-state index contributed by atoms with van der Waals surface area (Å²) in [4.78, 5) is 24.3. The van der Waals surface area contributed by atoms with Crippen molar-refractivity contribution in [2.45, 2.75) is 75.8 Å². The number of aromatic nitrogens is 6. The minimum Gasteiger partial charge on any atom is -0.389 e. The van der Waals surface area contributed by atoms with Gasteiger partial charge in [0.05, 0.1) is 17.0 Å². The molecule has 0 aromatic carbocycles. The number of hydrogen-bond acceptors (Lipinski definition) is 10. The summed E-state index contributed by atoms with van der Waals surface area (Å²) < 4.78 is 7.88. The van der Waals surface area contributed by atoms with Gasteiger partial charge in [-0.1, -0.05) is 10.4 Å². The minimum absolute atomic E-state index is 0.0123. The Morgan fingerprint density at radius 1 is 1.29 bits per heavy atom. The van der Waals surface area contributed by atoms with Crippen molar-refractivity contribution >= 4 is 27.5 Å². The maximum atomic E-state index is 13.1. The van der Waals surface area contributed by atoms with Crippen LogP contribution in [0.25, 0.3) is 22.7 Å². The van der Waals surface area contributed by atoms with Gasteiger partial charge >= 0.3 is 0 Å². The van der Waals surface area contributed by atoms with E-state index in [1.807, 2.05) is 0 Å². The molecule has 5 heterocycles. The van der Waals surface area contributed by atoms with E-state index in [1.54, 1.807) is 4.68 Å². The van der Waals surface area contributed by atoms with Crippen LogP contribution in [0.15, 0.2) is 9.32 Å². The number of thiophene rings is 1. The highest BCUT2D eigenvalue weighted by molar-refractivity contribution is 7.16. The van der Waals surface area contributed by atoms with E-state index in [0.717, 1.165) is 74.8 Å². The molecule has 0 radical (unpaired) electrons. The van der Waals surface area contributed by atoms with Crippen LogP contribution in [0.2, 0.25) is 0 Å². The topological polar surface area (TPSA) is 156 Å². The Hall–Kier alpha value is -3.56. The second-order valence-corrected chi connectivity index (χ2v) is 12.1. The van der Waals surface area contributed by atoms with E-state index in [0.29, 0.717) is 33.8 Å². The van der Waals surface area contributed by atoms with Crippen molar-refractivity contribution in [3.63, 3.8) is 0 Å². The van der Waals surface area contributed by atoms with E-state index >= 15 is 0 Å². The summed E-state index contributed by atoms with van der Waals surface area (Å²) in [5.41, 5.74) is 9.26. The number of aryl methyl sites for hydroxylation is 1. The summed E-state index contributed by atoms with van der Waals surface area (Å²) in [6, 6.07) is 2.67. The van der Waals surface area contributed by atoms with Crippen molar-refractivity contribution in [3.8, 4) is 17.6 Å². The first-order valence-corrected chi connectivity index (χ1v) is 14.1. The largest absolute Gasteiger partial charge is 0.389 e. The third kappa shape index (κ3) is 3.18. The number of likely N-dealkylation sites (tertiary alicyclic amines) is 1. The normalized spacial score (nSPS) is 24.0. The first-order chi connectivity index (χ1) is 18.4. The first-order valence-electron chi connectivity index (χ1n) is 13.3. The van der Waals surface area contributed by atoms with Gasteiger partial charge in [-0.05, 0) is 77.4 Å². The summed E-state index contributed by atoms with van der Waals surface area (Å²) in [7, 11) is 2.12. The Balaban J connectivity index is 1.36. The average molecular weight is 532 g/mol. The lowest BCUT2D eigenvalue weighted by molar-refractivity contribution is 0.230. The van der Waals surface area contributed by atoms with E-state index in [1.165, 1.54) is 16.2 Å². The number of H-pyrrole nitrogens is 1. The third-order valence-corrected chi connectivity index (χ3v) is 10.0. The van der Waals surface area contributed by atoms with Gasteiger partial charge in [-0.15, -0.1) is 16.4 Å². The quantitative estimate of drug-likeness (QED) is 0.405. The summed E-state index contributed by atoms with van der Waals surface area (Å²) in [6.07, 6.45) is 7.53. The number of rotatable bonds is 3. The zero-order valence-electron chi connectivity index (χ0n) is 21.5. The molecule has 0 bridgehead atoms. The van der Waals surface area contributed by atoms with Gasteiger partial charge < -0.3 is 20.1 Å². The molecule has 1 fully saturated rings. The van der Waals surface area contributed by atoms with Gasteiger partial charge in [0.15, 0.2) is 28.4 Å². The molecule has 0 saturated carbocycles. The van der Waals surface area contributed by atoms with Crippen LogP contribution < -0.4 is 11.3 Å². The zero-order chi connectivity index (χ0) is 26.2. The summed E-state index contributed by atoms with van der Waals surface area (Å²) in [5, 5.41) is 23.5. The lowest BCUT2D eigenvalue weighted by atomic mass is 9.63. The minimum atomic E-state index is -0.430. The average Bonchev–Trinajstić information content (AvgIpc) is 3.68. The molecule has 1 aliphatic heterocycles. The van der Waals surface area contributed by atoms with E-state index < -0.39 is 5.41 Å². The Bertz CT molecular complexity index is 1670. The van der Waals surface area contributed by atoms with Crippen molar-refractivity contribution in [2.75, 3.05) is 19.3 Å². The summed E-state index contributed by atoms with van der Waals surface area (Å²) in [5.74, 6) is 1.14. The van der Waals surface area contributed by atoms with Crippen LogP contribution >= 0.6 is 11.3 Å². The van der Waals surface area contributed by atoms with Crippen molar-refractivity contribution in [3.05, 3.63) is 37.7 Å². The molecule has 38 heavy (non-hydrogen) atoms. The van der Waals surface area contributed by atoms with Gasteiger partial charge in [-0.25, -0.2) is 9.67 Å². The molecule has 3 N–H and O–H groups in total. The van der Waals surface area contributed by atoms with Gasteiger partial charge in [0.25, 0.3) is 5.56 Å². The highest BCUT2D eigenvalue weighted by Crippen LogP contribution is 2.55. The monoisotopic (exact) mass is 531 g/mol. The van der Waals surface area contributed by atoms with E-state index in [2.05, 4.69) is 45.4 Å². The fraction of sp³-hybridized carbons (Fsp3) is 0.538. The number of fused-ring (bicyclic) bond motifs is 5. The summed E-state index contributed by atoms with van der Waals surface area (Å²) >= 11 is 1.52. The van der Waals surface area contributed by atoms with E-state index in [4.69, 9.17) is 15.2 Å². The molecule has 196 valence electrons. The van der Waals surface area contributed by atoms with Gasteiger partial charge in [0.1, 0.15) is 11.1 Å². The highest BCUT2D eigenvalue weighted by atomic mass is 32.1. The molecule has 12 heteroatoms. The molecule has 1 saturated heterocycles. The SMILES string of the molecule is CC(C1CCCN1C)n1nnc2c(=O)[nH]c(-c3noc4c3CCCC43CCCc4sc(N)c(C#N)c43)nc21.